The summed E-state index contributed by atoms with van der Waals surface area (Å²) in [6.45, 7) is 5.79. The van der Waals surface area contributed by atoms with E-state index >= 15 is 0 Å². The van der Waals surface area contributed by atoms with E-state index in [0.29, 0.717) is 35.2 Å². The lowest BCUT2D eigenvalue weighted by Crippen LogP contribution is -2.44. The molecule has 0 unspecified atom stereocenters. The number of hydrogen-bond donors (Lipinski definition) is 3. The second-order valence-electron chi connectivity index (χ2n) is 8.88. The molecule has 4 aromatic rings. The van der Waals surface area contributed by atoms with Crippen LogP contribution in [-0.2, 0) is 13.6 Å². The highest BCUT2D eigenvalue weighted by molar-refractivity contribution is 5.96. The number of anilines is 2. The van der Waals surface area contributed by atoms with Crippen molar-refractivity contribution >= 4 is 28.6 Å². The van der Waals surface area contributed by atoms with Crippen LogP contribution >= 0.6 is 0 Å². The minimum atomic E-state index is -0.465. The molecule has 5 heterocycles. The highest BCUT2D eigenvalue weighted by Gasteiger charge is 2.16. The molecular formula is C26H29N9O3. The number of nitrogens with zero attached hydrogens (tertiary/aromatic N) is 6. The smallest absolute Gasteiger partial charge is 0.264 e. The molecule has 0 atom stereocenters. The number of carbonyl (C=O) groups excluding carboxylic acids is 1. The molecular weight excluding hydrogens is 486 g/mol. The Hall–Kier alpha value is -4.42. The molecule has 0 aliphatic carbocycles. The topological polar surface area (TPSA) is 139 Å². The molecule has 0 aromatic carbocycles. The van der Waals surface area contributed by atoms with E-state index in [1.165, 1.54) is 10.6 Å². The third-order valence-corrected chi connectivity index (χ3v) is 6.26. The molecule has 4 aromatic heterocycles. The van der Waals surface area contributed by atoms with Gasteiger partial charge in [0.05, 0.1) is 11.9 Å². The van der Waals surface area contributed by atoms with Gasteiger partial charge in [-0.15, -0.1) is 0 Å². The molecule has 0 spiro atoms. The lowest BCUT2D eigenvalue weighted by molar-refractivity contribution is 0.0949. The van der Waals surface area contributed by atoms with Crippen molar-refractivity contribution in [3.63, 3.8) is 0 Å². The van der Waals surface area contributed by atoms with Gasteiger partial charge in [0.15, 0.2) is 0 Å². The molecule has 0 saturated carbocycles. The summed E-state index contributed by atoms with van der Waals surface area (Å²) < 4.78 is 7.11. The Balaban J connectivity index is 1.22. The van der Waals surface area contributed by atoms with Crippen LogP contribution in [0.4, 0.5) is 11.6 Å². The molecule has 0 bridgehead atoms. The van der Waals surface area contributed by atoms with E-state index < -0.39 is 11.5 Å². The van der Waals surface area contributed by atoms with Crippen molar-refractivity contribution < 1.29 is 9.53 Å². The highest BCUT2D eigenvalue weighted by Crippen LogP contribution is 2.18. The Morgan fingerprint density at radius 2 is 1.92 bits per heavy atom. The summed E-state index contributed by atoms with van der Waals surface area (Å²) in [4.78, 5) is 45.1. The van der Waals surface area contributed by atoms with E-state index in [1.807, 2.05) is 6.07 Å². The average Bonchev–Trinajstić information content (AvgIpc) is 2.96. The minimum absolute atomic E-state index is 0.0232. The van der Waals surface area contributed by atoms with Gasteiger partial charge in [-0.05, 0) is 29.8 Å². The summed E-state index contributed by atoms with van der Waals surface area (Å²) in [6.07, 6.45) is 6.51. The first-order chi connectivity index (χ1) is 18.6. The molecule has 3 N–H and O–H groups in total. The van der Waals surface area contributed by atoms with Crippen LogP contribution in [0.1, 0.15) is 15.9 Å². The Labute approximate surface area is 219 Å². The number of pyridine rings is 3. The Morgan fingerprint density at radius 3 is 2.68 bits per heavy atom. The van der Waals surface area contributed by atoms with Gasteiger partial charge in [-0.1, -0.05) is 0 Å². The van der Waals surface area contributed by atoms with E-state index in [9.17, 15) is 9.59 Å². The molecule has 5 rings (SSSR count). The number of rotatable bonds is 9. The number of hydrogen-bond acceptors (Lipinski definition) is 10. The largest absolute Gasteiger partial charge is 0.476 e. The third kappa shape index (κ3) is 6.10. The number of fused-ring (bicyclic) bond motifs is 1. The molecule has 1 aliphatic heterocycles. The van der Waals surface area contributed by atoms with Crippen LogP contribution in [0.2, 0.25) is 0 Å². The van der Waals surface area contributed by atoms with E-state index in [1.54, 1.807) is 50.0 Å². The van der Waals surface area contributed by atoms with Gasteiger partial charge in [0.1, 0.15) is 17.8 Å². The standard InChI is InChI=1S/C26H29N9O3/c1-34-23-19(14-21(25(34)37)24(36)30-15-18-4-6-27-7-5-18)16-31-26(33-23)32-20-2-3-22(29-17-20)38-13-12-35-10-8-28-9-11-35/h2-7,14,16-17,28H,8-13,15H2,1H3,(H,30,36)(H,31,32,33). The van der Waals surface area contributed by atoms with Crippen molar-refractivity contribution in [1.82, 2.24) is 40.0 Å². The fraction of sp³-hybridized carbons (Fsp3) is 0.308. The molecule has 1 fully saturated rings. The van der Waals surface area contributed by atoms with Crippen LogP contribution < -0.4 is 26.2 Å². The summed E-state index contributed by atoms with van der Waals surface area (Å²) in [6, 6.07) is 8.72. The summed E-state index contributed by atoms with van der Waals surface area (Å²) in [5.41, 5.74) is 1.54. The molecule has 38 heavy (non-hydrogen) atoms. The van der Waals surface area contributed by atoms with Crippen molar-refractivity contribution in [3.05, 3.63) is 76.6 Å². The van der Waals surface area contributed by atoms with Gasteiger partial charge in [0, 0.05) is 76.4 Å². The number of aryl methyl sites for hydroxylation is 1. The Kier molecular flexibility index (Phi) is 7.81. The summed E-state index contributed by atoms with van der Waals surface area (Å²) in [5, 5.41) is 9.77. The van der Waals surface area contributed by atoms with Crippen LogP contribution in [0.5, 0.6) is 5.88 Å². The zero-order valence-electron chi connectivity index (χ0n) is 21.1. The van der Waals surface area contributed by atoms with Crippen LogP contribution in [-0.4, -0.2) is 74.6 Å². The van der Waals surface area contributed by atoms with Crippen molar-refractivity contribution in [2.45, 2.75) is 6.54 Å². The quantitative estimate of drug-likeness (QED) is 0.297. The van der Waals surface area contributed by atoms with E-state index in [4.69, 9.17) is 4.74 Å². The molecule has 196 valence electrons. The van der Waals surface area contributed by atoms with Gasteiger partial charge in [-0.2, -0.15) is 4.98 Å². The van der Waals surface area contributed by atoms with E-state index in [-0.39, 0.29) is 12.1 Å². The van der Waals surface area contributed by atoms with Crippen LogP contribution in [0.3, 0.4) is 0 Å². The number of amides is 1. The van der Waals surface area contributed by atoms with Gasteiger partial charge < -0.3 is 20.7 Å². The number of piperazine rings is 1. The fourth-order valence-electron chi connectivity index (χ4n) is 4.13. The molecule has 1 saturated heterocycles. The molecule has 1 amide bonds. The maximum Gasteiger partial charge on any atom is 0.264 e. The summed E-state index contributed by atoms with van der Waals surface area (Å²) in [5.74, 6) is 0.381. The average molecular weight is 516 g/mol. The predicted octanol–water partition coefficient (Wildman–Crippen LogP) is 1.08. The SMILES string of the molecule is Cn1c(=O)c(C(=O)NCc2ccncc2)cc2cnc(Nc3ccc(OCCN4CCNCC4)nc3)nc21. The normalized spacial score (nSPS) is 13.8. The zero-order chi connectivity index (χ0) is 26.3. The second-order valence-corrected chi connectivity index (χ2v) is 8.88. The van der Waals surface area contributed by atoms with Crippen LogP contribution in [0.15, 0.2) is 59.9 Å². The second kappa shape index (κ2) is 11.8. The van der Waals surface area contributed by atoms with Crippen molar-refractivity contribution in [1.29, 1.82) is 0 Å². The third-order valence-electron chi connectivity index (χ3n) is 6.26. The summed E-state index contributed by atoms with van der Waals surface area (Å²) in [7, 11) is 1.58. The van der Waals surface area contributed by atoms with E-state index in [0.717, 1.165) is 38.3 Å². The van der Waals surface area contributed by atoms with Crippen LogP contribution in [0, 0.1) is 0 Å². The number of nitrogens with one attached hydrogen (secondary N) is 3. The fourth-order valence-corrected chi connectivity index (χ4v) is 4.13. The van der Waals surface area contributed by atoms with Gasteiger partial charge in [0.25, 0.3) is 11.5 Å². The lowest BCUT2D eigenvalue weighted by atomic mass is 10.2. The van der Waals surface area contributed by atoms with Gasteiger partial charge >= 0.3 is 0 Å². The lowest BCUT2D eigenvalue weighted by Gasteiger charge is -2.26. The molecule has 0 radical (unpaired) electrons. The number of carbonyl (C=O) groups is 1. The van der Waals surface area contributed by atoms with Gasteiger partial charge in [-0.25, -0.2) is 9.97 Å². The monoisotopic (exact) mass is 515 g/mol. The minimum Gasteiger partial charge on any atom is -0.476 e. The highest BCUT2D eigenvalue weighted by atomic mass is 16.5. The Bertz CT molecular complexity index is 1450. The Morgan fingerprint density at radius 1 is 1.11 bits per heavy atom. The first-order valence-electron chi connectivity index (χ1n) is 12.4. The predicted molar refractivity (Wildman–Crippen MR) is 143 cm³/mol. The van der Waals surface area contributed by atoms with Crippen molar-refractivity contribution in [2.24, 2.45) is 7.05 Å². The van der Waals surface area contributed by atoms with Gasteiger partial charge in [-0.3, -0.25) is 24.0 Å². The maximum absolute atomic E-state index is 12.9. The first kappa shape index (κ1) is 25.2. The first-order valence-corrected chi connectivity index (χ1v) is 12.4. The van der Waals surface area contributed by atoms with Crippen molar-refractivity contribution in [3.8, 4) is 5.88 Å². The zero-order valence-corrected chi connectivity index (χ0v) is 21.1. The van der Waals surface area contributed by atoms with Crippen molar-refractivity contribution in [2.75, 3.05) is 44.6 Å². The molecule has 12 heteroatoms. The van der Waals surface area contributed by atoms with Crippen LogP contribution in [0.25, 0.3) is 11.0 Å². The molecule has 12 nitrogen and oxygen atoms in total. The summed E-state index contributed by atoms with van der Waals surface area (Å²) >= 11 is 0. The number of aromatic nitrogens is 5. The van der Waals surface area contributed by atoms with Gasteiger partial charge in [0.2, 0.25) is 11.8 Å². The number of ether oxygens (including phenoxy) is 1. The molecule has 1 aliphatic rings. The maximum atomic E-state index is 12.9. The van der Waals surface area contributed by atoms with E-state index in [2.05, 4.69) is 40.8 Å².